The standard InChI is InChI=1S/C14H21NO3/c1-9(15-10-4-5-10)14(16)12-7-6-11(17-2)8-13(12)18-3/h6-10,14-16H,4-5H2,1-3H3. The molecule has 2 unspecified atom stereocenters. The molecule has 0 heterocycles. The third-order valence-corrected chi connectivity index (χ3v) is 3.31. The van der Waals surface area contributed by atoms with Crippen LogP contribution >= 0.6 is 0 Å². The van der Waals surface area contributed by atoms with Crippen molar-refractivity contribution in [2.45, 2.75) is 38.0 Å². The van der Waals surface area contributed by atoms with Crippen LogP contribution in [-0.4, -0.2) is 31.4 Å². The van der Waals surface area contributed by atoms with E-state index in [1.54, 1.807) is 20.3 Å². The predicted octanol–water partition coefficient (Wildman–Crippen LogP) is 1.88. The summed E-state index contributed by atoms with van der Waals surface area (Å²) in [7, 11) is 3.21. The number of aliphatic hydroxyl groups is 1. The monoisotopic (exact) mass is 251 g/mol. The van der Waals surface area contributed by atoms with Crippen molar-refractivity contribution in [3.05, 3.63) is 23.8 Å². The summed E-state index contributed by atoms with van der Waals surface area (Å²) in [5.41, 5.74) is 0.791. The highest BCUT2D eigenvalue weighted by Gasteiger charge is 2.27. The summed E-state index contributed by atoms with van der Waals surface area (Å²) < 4.78 is 10.5. The van der Waals surface area contributed by atoms with Crippen LogP contribution in [0.5, 0.6) is 11.5 Å². The number of benzene rings is 1. The fourth-order valence-electron chi connectivity index (χ4n) is 2.05. The largest absolute Gasteiger partial charge is 0.497 e. The summed E-state index contributed by atoms with van der Waals surface area (Å²) in [5.74, 6) is 1.39. The van der Waals surface area contributed by atoms with Crippen LogP contribution < -0.4 is 14.8 Å². The Kier molecular flexibility index (Phi) is 4.09. The lowest BCUT2D eigenvalue weighted by Gasteiger charge is -2.22. The summed E-state index contributed by atoms with van der Waals surface area (Å²) in [6.07, 6.45) is 1.83. The van der Waals surface area contributed by atoms with Crippen LogP contribution in [0, 0.1) is 0 Å². The van der Waals surface area contributed by atoms with Crippen LogP contribution in [0.3, 0.4) is 0 Å². The van der Waals surface area contributed by atoms with E-state index in [0.29, 0.717) is 11.8 Å². The molecule has 1 aliphatic carbocycles. The summed E-state index contributed by atoms with van der Waals surface area (Å²) in [4.78, 5) is 0. The van der Waals surface area contributed by atoms with E-state index < -0.39 is 6.10 Å². The molecule has 2 atom stereocenters. The topological polar surface area (TPSA) is 50.7 Å². The second kappa shape index (κ2) is 5.59. The lowest BCUT2D eigenvalue weighted by molar-refractivity contribution is 0.132. The molecule has 0 aromatic heterocycles. The number of rotatable bonds is 6. The summed E-state index contributed by atoms with van der Waals surface area (Å²) >= 11 is 0. The molecule has 100 valence electrons. The highest BCUT2D eigenvalue weighted by molar-refractivity contribution is 5.42. The van der Waals surface area contributed by atoms with Crippen molar-refractivity contribution in [3.63, 3.8) is 0 Å². The van der Waals surface area contributed by atoms with Crippen LogP contribution in [0.1, 0.15) is 31.4 Å². The number of methoxy groups -OCH3 is 2. The molecular formula is C14H21NO3. The first-order valence-electron chi connectivity index (χ1n) is 6.31. The minimum Gasteiger partial charge on any atom is -0.497 e. The number of aliphatic hydroxyl groups excluding tert-OH is 1. The molecule has 1 aliphatic rings. The maximum atomic E-state index is 10.4. The van der Waals surface area contributed by atoms with Gasteiger partial charge >= 0.3 is 0 Å². The van der Waals surface area contributed by atoms with E-state index in [0.717, 1.165) is 11.3 Å². The fraction of sp³-hybridized carbons (Fsp3) is 0.571. The molecule has 1 aromatic rings. The van der Waals surface area contributed by atoms with E-state index >= 15 is 0 Å². The second-order valence-electron chi connectivity index (χ2n) is 4.78. The Balaban J connectivity index is 2.14. The van der Waals surface area contributed by atoms with Crippen LogP contribution in [0.2, 0.25) is 0 Å². The normalized spacial score (nSPS) is 18.2. The average molecular weight is 251 g/mol. The van der Waals surface area contributed by atoms with Crippen molar-refractivity contribution < 1.29 is 14.6 Å². The zero-order valence-electron chi connectivity index (χ0n) is 11.1. The van der Waals surface area contributed by atoms with E-state index in [4.69, 9.17) is 9.47 Å². The van der Waals surface area contributed by atoms with Crippen molar-refractivity contribution in [3.8, 4) is 11.5 Å². The molecule has 1 aromatic carbocycles. The third-order valence-electron chi connectivity index (χ3n) is 3.31. The van der Waals surface area contributed by atoms with Crippen molar-refractivity contribution >= 4 is 0 Å². The highest BCUT2D eigenvalue weighted by atomic mass is 16.5. The maximum Gasteiger partial charge on any atom is 0.128 e. The summed E-state index contributed by atoms with van der Waals surface area (Å²) in [6, 6.07) is 6.07. The third kappa shape index (κ3) is 2.94. The molecule has 0 bridgehead atoms. The molecule has 0 spiro atoms. The molecule has 0 aliphatic heterocycles. The molecule has 2 N–H and O–H groups in total. The van der Waals surface area contributed by atoms with Crippen LogP contribution in [0.15, 0.2) is 18.2 Å². The van der Waals surface area contributed by atoms with Crippen LogP contribution in [-0.2, 0) is 0 Å². The van der Waals surface area contributed by atoms with Gasteiger partial charge in [0.15, 0.2) is 0 Å². The summed E-state index contributed by atoms with van der Waals surface area (Å²) in [6.45, 7) is 1.99. The smallest absolute Gasteiger partial charge is 0.128 e. The maximum absolute atomic E-state index is 10.4. The molecule has 4 nitrogen and oxygen atoms in total. The van der Waals surface area contributed by atoms with E-state index in [2.05, 4.69) is 5.32 Å². The lowest BCUT2D eigenvalue weighted by atomic mass is 10.0. The highest BCUT2D eigenvalue weighted by Crippen LogP contribution is 2.32. The molecule has 0 amide bonds. The molecule has 4 heteroatoms. The van der Waals surface area contributed by atoms with Crippen LogP contribution in [0.4, 0.5) is 0 Å². The van der Waals surface area contributed by atoms with Crippen molar-refractivity contribution in [1.29, 1.82) is 0 Å². The number of nitrogens with one attached hydrogen (secondary N) is 1. The van der Waals surface area contributed by atoms with Gasteiger partial charge in [-0.2, -0.15) is 0 Å². The van der Waals surface area contributed by atoms with Crippen molar-refractivity contribution in [2.75, 3.05) is 14.2 Å². The van der Waals surface area contributed by atoms with Crippen molar-refractivity contribution in [2.24, 2.45) is 0 Å². The van der Waals surface area contributed by atoms with Gasteiger partial charge in [-0.25, -0.2) is 0 Å². The van der Waals surface area contributed by atoms with E-state index in [9.17, 15) is 5.11 Å². The molecule has 1 saturated carbocycles. The molecule has 18 heavy (non-hydrogen) atoms. The molecule has 0 saturated heterocycles. The van der Waals surface area contributed by atoms with E-state index in [1.165, 1.54) is 12.8 Å². The average Bonchev–Trinajstić information content (AvgIpc) is 3.20. The van der Waals surface area contributed by atoms with Gasteiger partial charge in [0, 0.05) is 23.7 Å². The Morgan fingerprint density at radius 1 is 1.28 bits per heavy atom. The quantitative estimate of drug-likeness (QED) is 0.810. The Labute approximate surface area is 108 Å². The second-order valence-corrected chi connectivity index (χ2v) is 4.78. The number of hydrogen-bond acceptors (Lipinski definition) is 4. The molecular weight excluding hydrogens is 230 g/mol. The van der Waals surface area contributed by atoms with Gasteiger partial charge in [-0.1, -0.05) is 0 Å². The van der Waals surface area contributed by atoms with Gasteiger partial charge in [0.25, 0.3) is 0 Å². The predicted molar refractivity (Wildman–Crippen MR) is 70.1 cm³/mol. The first kappa shape index (κ1) is 13.2. The van der Waals surface area contributed by atoms with Crippen molar-refractivity contribution in [1.82, 2.24) is 5.32 Å². The molecule has 2 rings (SSSR count). The Morgan fingerprint density at radius 3 is 2.56 bits per heavy atom. The van der Waals surface area contributed by atoms with E-state index in [-0.39, 0.29) is 6.04 Å². The van der Waals surface area contributed by atoms with Gasteiger partial charge in [-0.15, -0.1) is 0 Å². The van der Waals surface area contributed by atoms with E-state index in [1.807, 2.05) is 19.1 Å². The van der Waals surface area contributed by atoms with Gasteiger partial charge in [-0.3, -0.25) is 0 Å². The molecule has 0 radical (unpaired) electrons. The van der Waals surface area contributed by atoms with Gasteiger partial charge in [0.1, 0.15) is 11.5 Å². The number of hydrogen-bond donors (Lipinski definition) is 2. The number of ether oxygens (including phenoxy) is 2. The van der Waals surface area contributed by atoms with Gasteiger partial charge in [0.2, 0.25) is 0 Å². The Hall–Kier alpha value is -1.26. The first-order valence-corrected chi connectivity index (χ1v) is 6.31. The van der Waals surface area contributed by atoms with Crippen LogP contribution in [0.25, 0.3) is 0 Å². The Morgan fingerprint density at radius 2 is 2.00 bits per heavy atom. The fourth-order valence-corrected chi connectivity index (χ4v) is 2.05. The van der Waals surface area contributed by atoms with Gasteiger partial charge < -0.3 is 19.9 Å². The summed E-state index contributed by atoms with van der Waals surface area (Å²) in [5, 5.41) is 13.8. The minimum atomic E-state index is -0.577. The Bertz CT molecular complexity index is 404. The minimum absolute atomic E-state index is 0.0137. The lowest BCUT2D eigenvalue weighted by Crippen LogP contribution is -2.33. The van der Waals surface area contributed by atoms with Gasteiger partial charge in [-0.05, 0) is 31.9 Å². The SMILES string of the molecule is COc1ccc(C(O)C(C)NC2CC2)c(OC)c1. The first-order chi connectivity index (χ1) is 8.65. The molecule has 1 fully saturated rings. The zero-order chi connectivity index (χ0) is 13.1. The zero-order valence-corrected chi connectivity index (χ0v) is 11.1. The van der Waals surface area contributed by atoms with Gasteiger partial charge in [0.05, 0.1) is 20.3 Å².